The van der Waals surface area contributed by atoms with Crippen LogP contribution in [0.3, 0.4) is 0 Å². The lowest BCUT2D eigenvalue weighted by Crippen LogP contribution is -2.48. The normalized spacial score (nSPS) is 17.1. The molecular weight excluding hydrogens is 548 g/mol. The molecule has 15 heteroatoms. The molecule has 3 rings (SSSR count). The highest BCUT2D eigenvalue weighted by molar-refractivity contribution is 8.14. The van der Waals surface area contributed by atoms with E-state index in [4.69, 9.17) is 9.47 Å². The predicted molar refractivity (Wildman–Crippen MR) is 142 cm³/mol. The highest BCUT2D eigenvalue weighted by Gasteiger charge is 2.41. The molecular formula is C25H28N4O10S. The van der Waals surface area contributed by atoms with Crippen LogP contribution in [-0.2, 0) is 27.5 Å². The molecule has 0 aliphatic carbocycles. The van der Waals surface area contributed by atoms with Crippen molar-refractivity contribution < 1.29 is 38.8 Å². The molecule has 0 spiro atoms. The Morgan fingerprint density at radius 1 is 1.00 bits per heavy atom. The first-order valence-corrected chi connectivity index (χ1v) is 13.0. The van der Waals surface area contributed by atoms with Crippen LogP contribution < -0.4 is 0 Å². The van der Waals surface area contributed by atoms with E-state index in [1.165, 1.54) is 67.4 Å². The lowest BCUT2D eigenvalue weighted by atomic mass is 10.1. The summed E-state index contributed by atoms with van der Waals surface area (Å²) in [5.74, 6) is 0. The van der Waals surface area contributed by atoms with Crippen molar-refractivity contribution in [2.24, 2.45) is 0 Å². The first kappa shape index (κ1) is 30.3. The summed E-state index contributed by atoms with van der Waals surface area (Å²) >= 11 is 1.05. The highest BCUT2D eigenvalue weighted by atomic mass is 32.2. The fourth-order valence-electron chi connectivity index (χ4n) is 4.11. The van der Waals surface area contributed by atoms with Crippen molar-refractivity contribution in [3.8, 4) is 0 Å². The molecule has 1 heterocycles. The molecule has 0 unspecified atom stereocenters. The van der Waals surface area contributed by atoms with Gasteiger partial charge in [0, 0.05) is 50.0 Å². The van der Waals surface area contributed by atoms with Crippen molar-refractivity contribution in [1.29, 1.82) is 0 Å². The Kier molecular flexibility index (Phi) is 10.4. The fraction of sp³-hybridized carbons (Fsp3) is 0.400. The van der Waals surface area contributed by atoms with E-state index >= 15 is 0 Å². The van der Waals surface area contributed by atoms with Crippen LogP contribution in [0.25, 0.3) is 0 Å². The first-order chi connectivity index (χ1) is 18.9. The van der Waals surface area contributed by atoms with Gasteiger partial charge in [0.1, 0.15) is 13.2 Å². The monoisotopic (exact) mass is 576 g/mol. The van der Waals surface area contributed by atoms with Gasteiger partial charge in [0.15, 0.2) is 5.12 Å². The van der Waals surface area contributed by atoms with Gasteiger partial charge in [0.05, 0.1) is 28.5 Å². The van der Waals surface area contributed by atoms with Crippen molar-refractivity contribution in [1.82, 2.24) is 9.80 Å². The number of hydrogen-bond acceptors (Lipinski definition) is 11. The smallest absolute Gasteiger partial charge is 0.410 e. The largest absolute Gasteiger partial charge is 0.445 e. The van der Waals surface area contributed by atoms with Gasteiger partial charge in [0.25, 0.3) is 11.4 Å². The number of nitrogens with zero attached hydrogens (tertiary/aromatic N) is 4. The number of aliphatic hydroxyl groups excluding tert-OH is 1. The van der Waals surface area contributed by atoms with Crippen molar-refractivity contribution in [3.63, 3.8) is 0 Å². The zero-order chi connectivity index (χ0) is 29.4. The summed E-state index contributed by atoms with van der Waals surface area (Å²) in [6, 6.07) is 10.3. The number of non-ortho nitro benzene ring substituents is 2. The number of hydrogen-bond donors (Lipinski definition) is 1. The number of rotatable bonds is 10. The van der Waals surface area contributed by atoms with Crippen LogP contribution in [-0.4, -0.2) is 79.6 Å². The Morgan fingerprint density at radius 3 is 1.98 bits per heavy atom. The van der Waals surface area contributed by atoms with Gasteiger partial charge in [-0.05, 0) is 41.8 Å². The minimum Gasteiger partial charge on any atom is -0.445 e. The molecule has 3 atom stereocenters. The Balaban J connectivity index is 1.58. The van der Waals surface area contributed by atoms with E-state index in [9.17, 15) is 39.7 Å². The number of likely N-dealkylation sites (tertiary alicyclic amines) is 1. The molecule has 2 aromatic rings. The summed E-state index contributed by atoms with van der Waals surface area (Å²) in [7, 11) is 1.41. The van der Waals surface area contributed by atoms with Gasteiger partial charge in [-0.2, -0.15) is 0 Å². The van der Waals surface area contributed by atoms with E-state index in [2.05, 4.69) is 0 Å². The van der Waals surface area contributed by atoms with Crippen LogP contribution in [0.5, 0.6) is 0 Å². The Bertz CT molecular complexity index is 1240. The molecule has 1 aliphatic heterocycles. The highest BCUT2D eigenvalue weighted by Crippen LogP contribution is 2.31. The third-order valence-corrected chi connectivity index (χ3v) is 7.11. The topological polar surface area (TPSA) is 183 Å². The number of nitro groups is 2. The molecule has 14 nitrogen and oxygen atoms in total. The van der Waals surface area contributed by atoms with E-state index in [-0.39, 0.29) is 54.5 Å². The Hall–Kier alpha value is -4.24. The molecule has 1 N–H and O–H groups in total. The standard InChI is InChI=1S/C25H28N4O10S/c1-16(30)40-21-11-22(27(12-21)25(33)39-15-18-5-9-20(10-6-18)29(36)37)23(31)13-26(2)24(32)38-14-17-3-7-19(8-4-17)28(34)35/h3-10,21-23,31H,11-15H2,1-2H3/t21-,22-,23+/m0/s1. The number of ether oxygens (including phenoxy) is 2. The third-order valence-electron chi connectivity index (χ3n) is 6.11. The van der Waals surface area contributed by atoms with Crippen LogP contribution in [0.1, 0.15) is 24.5 Å². The molecule has 0 aromatic heterocycles. The predicted octanol–water partition coefficient (Wildman–Crippen LogP) is 3.49. The van der Waals surface area contributed by atoms with E-state index in [1.807, 2.05) is 0 Å². The number of thioether (sulfide) groups is 1. The lowest BCUT2D eigenvalue weighted by Gasteiger charge is -2.30. The zero-order valence-electron chi connectivity index (χ0n) is 21.7. The minimum absolute atomic E-state index is 0.0936. The maximum absolute atomic E-state index is 12.9. The molecule has 0 bridgehead atoms. The van der Waals surface area contributed by atoms with Crippen molar-refractivity contribution >= 4 is 40.4 Å². The Labute approximate surface area is 233 Å². The first-order valence-electron chi connectivity index (χ1n) is 12.1. The quantitative estimate of drug-likeness (QED) is 0.323. The van der Waals surface area contributed by atoms with Gasteiger partial charge < -0.3 is 24.4 Å². The molecule has 214 valence electrons. The fourth-order valence-corrected chi connectivity index (χ4v) is 5.11. The number of carbonyl (C=O) groups is 3. The van der Waals surface area contributed by atoms with Gasteiger partial charge in [-0.3, -0.25) is 25.0 Å². The van der Waals surface area contributed by atoms with Crippen LogP contribution in [0, 0.1) is 20.2 Å². The summed E-state index contributed by atoms with van der Waals surface area (Å²) in [5.41, 5.74) is 0.872. The second kappa shape index (κ2) is 13.7. The average molecular weight is 577 g/mol. The molecule has 0 saturated carbocycles. The maximum atomic E-state index is 12.9. The number of aliphatic hydroxyl groups is 1. The third kappa shape index (κ3) is 8.38. The molecule has 40 heavy (non-hydrogen) atoms. The SMILES string of the molecule is CC(=O)S[C@H]1C[C@@H]([C@H](O)CN(C)C(=O)OCc2ccc([N+](=O)[O-])cc2)N(C(=O)OCc2ccc([N+](=O)[O-])cc2)C1. The summed E-state index contributed by atoms with van der Waals surface area (Å²) < 4.78 is 10.6. The summed E-state index contributed by atoms with van der Waals surface area (Å²) in [6.07, 6.45) is -2.40. The van der Waals surface area contributed by atoms with Crippen LogP contribution in [0.2, 0.25) is 0 Å². The molecule has 2 amide bonds. The number of likely N-dealkylation sites (N-methyl/N-ethyl adjacent to an activating group) is 1. The molecule has 0 radical (unpaired) electrons. The lowest BCUT2D eigenvalue weighted by molar-refractivity contribution is -0.385. The van der Waals surface area contributed by atoms with Gasteiger partial charge in [-0.1, -0.05) is 11.8 Å². The summed E-state index contributed by atoms with van der Waals surface area (Å²) in [4.78, 5) is 60.0. The molecule has 2 aromatic carbocycles. The van der Waals surface area contributed by atoms with Gasteiger partial charge in [0.2, 0.25) is 0 Å². The summed E-state index contributed by atoms with van der Waals surface area (Å²) in [6.45, 7) is 1.06. The number of benzene rings is 2. The molecule has 1 saturated heterocycles. The summed E-state index contributed by atoms with van der Waals surface area (Å²) in [5, 5.41) is 32.1. The van der Waals surface area contributed by atoms with E-state index in [0.717, 1.165) is 16.7 Å². The van der Waals surface area contributed by atoms with Crippen molar-refractivity contribution in [3.05, 3.63) is 79.9 Å². The number of amides is 2. The molecule has 1 fully saturated rings. The number of nitro benzene ring substituents is 2. The van der Waals surface area contributed by atoms with E-state index in [1.54, 1.807) is 0 Å². The van der Waals surface area contributed by atoms with Crippen molar-refractivity contribution in [2.75, 3.05) is 20.1 Å². The van der Waals surface area contributed by atoms with Gasteiger partial charge >= 0.3 is 12.2 Å². The van der Waals surface area contributed by atoms with Crippen LogP contribution in [0.15, 0.2) is 48.5 Å². The average Bonchev–Trinajstić information content (AvgIpc) is 3.34. The van der Waals surface area contributed by atoms with E-state index in [0.29, 0.717) is 11.1 Å². The maximum Gasteiger partial charge on any atom is 0.410 e. The second-order valence-corrected chi connectivity index (χ2v) is 10.6. The number of carbonyl (C=O) groups excluding carboxylic acids is 3. The van der Waals surface area contributed by atoms with Crippen LogP contribution in [0.4, 0.5) is 21.0 Å². The second-order valence-electron chi connectivity index (χ2n) is 9.09. The van der Waals surface area contributed by atoms with E-state index < -0.39 is 34.2 Å². The Morgan fingerprint density at radius 2 is 1.50 bits per heavy atom. The van der Waals surface area contributed by atoms with Gasteiger partial charge in [-0.15, -0.1) is 0 Å². The van der Waals surface area contributed by atoms with Crippen molar-refractivity contribution in [2.45, 2.75) is 44.0 Å². The molecule has 1 aliphatic rings. The minimum atomic E-state index is -1.19. The zero-order valence-corrected chi connectivity index (χ0v) is 22.5. The van der Waals surface area contributed by atoms with Gasteiger partial charge in [-0.25, -0.2) is 9.59 Å². The van der Waals surface area contributed by atoms with Crippen LogP contribution >= 0.6 is 11.8 Å².